The van der Waals surface area contributed by atoms with Gasteiger partial charge in [-0.1, -0.05) is 27.2 Å². The summed E-state index contributed by atoms with van der Waals surface area (Å²) in [5.41, 5.74) is -0.540. The summed E-state index contributed by atoms with van der Waals surface area (Å²) >= 11 is 0. The average molecular weight is 415 g/mol. The molecule has 3 aliphatic rings. The number of carbonyl (C=O) groups is 3. The van der Waals surface area contributed by atoms with E-state index in [0.717, 1.165) is 43.7 Å². The first-order valence-corrected chi connectivity index (χ1v) is 10.4. The lowest BCUT2D eigenvalue weighted by Gasteiger charge is -2.42. The van der Waals surface area contributed by atoms with E-state index in [0.29, 0.717) is 31.8 Å². The Hall–Kier alpha value is -1.34. The van der Waals surface area contributed by atoms with Gasteiger partial charge in [-0.25, -0.2) is 4.79 Å². The van der Waals surface area contributed by atoms with Gasteiger partial charge in [0, 0.05) is 19.6 Å². The number of nitrogens with one attached hydrogen (secondary N) is 2. The maximum atomic E-state index is 13.1. The van der Waals surface area contributed by atoms with Crippen molar-refractivity contribution in [1.82, 2.24) is 20.4 Å². The van der Waals surface area contributed by atoms with E-state index in [1.54, 1.807) is 4.90 Å². The van der Waals surface area contributed by atoms with Gasteiger partial charge in [0.05, 0.1) is 0 Å². The number of rotatable bonds is 4. The van der Waals surface area contributed by atoms with Gasteiger partial charge in [-0.2, -0.15) is 0 Å². The molecule has 0 aromatic rings. The molecule has 0 unspecified atom stereocenters. The fourth-order valence-corrected chi connectivity index (χ4v) is 4.67. The molecule has 160 valence electrons. The van der Waals surface area contributed by atoms with Gasteiger partial charge in [0.1, 0.15) is 12.1 Å². The minimum atomic E-state index is -0.794. The molecule has 28 heavy (non-hydrogen) atoms. The van der Waals surface area contributed by atoms with Crippen LogP contribution in [-0.2, 0) is 9.59 Å². The van der Waals surface area contributed by atoms with Crippen LogP contribution in [0.15, 0.2) is 0 Å². The van der Waals surface area contributed by atoms with Gasteiger partial charge in [-0.3, -0.25) is 14.5 Å². The molecule has 1 saturated carbocycles. The number of hydrogen-bond donors (Lipinski definition) is 2. The van der Waals surface area contributed by atoms with Crippen LogP contribution in [0.25, 0.3) is 0 Å². The molecule has 1 spiro atoms. The molecular weight excluding hydrogens is 380 g/mol. The van der Waals surface area contributed by atoms with E-state index in [2.05, 4.69) is 31.4 Å². The fourth-order valence-electron chi connectivity index (χ4n) is 4.67. The lowest BCUT2D eigenvalue weighted by Crippen LogP contribution is -2.51. The topological polar surface area (TPSA) is 81.8 Å². The summed E-state index contributed by atoms with van der Waals surface area (Å²) in [6, 6.07) is -0.408. The molecule has 0 atom stereocenters. The van der Waals surface area contributed by atoms with Gasteiger partial charge >= 0.3 is 6.03 Å². The Morgan fingerprint density at radius 3 is 2.50 bits per heavy atom. The summed E-state index contributed by atoms with van der Waals surface area (Å²) in [4.78, 5) is 41.1. The number of urea groups is 1. The third kappa shape index (κ3) is 4.46. The first kappa shape index (κ1) is 22.9. The first-order valence-electron chi connectivity index (χ1n) is 10.4. The van der Waals surface area contributed by atoms with Crippen molar-refractivity contribution >= 4 is 30.3 Å². The molecule has 0 aromatic carbocycles. The summed E-state index contributed by atoms with van der Waals surface area (Å²) in [7, 11) is 0. The number of amides is 4. The Kier molecular flexibility index (Phi) is 7.37. The van der Waals surface area contributed by atoms with Gasteiger partial charge in [-0.15, -0.1) is 12.4 Å². The van der Waals surface area contributed by atoms with Crippen molar-refractivity contribution in [1.29, 1.82) is 0 Å². The summed E-state index contributed by atoms with van der Waals surface area (Å²) in [5.74, 6) is 0.222. The van der Waals surface area contributed by atoms with Crippen molar-refractivity contribution in [2.24, 2.45) is 11.3 Å². The quantitative estimate of drug-likeness (QED) is 0.690. The molecule has 7 nitrogen and oxygen atoms in total. The second kappa shape index (κ2) is 8.99. The van der Waals surface area contributed by atoms with E-state index >= 15 is 0 Å². The number of carbonyl (C=O) groups excluding carboxylic acids is 3. The fraction of sp³-hybridized carbons (Fsp3) is 0.850. The molecule has 2 heterocycles. The zero-order chi connectivity index (χ0) is 19.7. The van der Waals surface area contributed by atoms with Crippen LogP contribution in [0.2, 0.25) is 0 Å². The van der Waals surface area contributed by atoms with E-state index in [4.69, 9.17) is 0 Å². The SMILES string of the molecule is CCC(C)(C)C1CCC2(CC1)NC(=O)N(CC(=O)N1CCCNCC1)C2=O.Cl. The van der Waals surface area contributed by atoms with Gasteiger partial charge in [-0.05, 0) is 50.0 Å². The molecule has 1 aliphatic carbocycles. The van der Waals surface area contributed by atoms with Crippen LogP contribution in [-0.4, -0.2) is 65.9 Å². The molecule has 8 heteroatoms. The zero-order valence-electron chi connectivity index (χ0n) is 17.4. The van der Waals surface area contributed by atoms with Crippen LogP contribution >= 0.6 is 12.4 Å². The molecule has 0 aromatic heterocycles. The molecule has 3 rings (SSSR count). The molecule has 0 bridgehead atoms. The molecule has 0 radical (unpaired) electrons. The van der Waals surface area contributed by atoms with E-state index in [1.165, 1.54) is 0 Å². The molecule has 4 amide bonds. The molecule has 2 N–H and O–H groups in total. The van der Waals surface area contributed by atoms with Crippen LogP contribution in [0.5, 0.6) is 0 Å². The van der Waals surface area contributed by atoms with Gasteiger partial charge < -0.3 is 15.5 Å². The monoisotopic (exact) mass is 414 g/mol. The van der Waals surface area contributed by atoms with E-state index in [-0.39, 0.29) is 36.2 Å². The minimum absolute atomic E-state index is 0. The molecule has 2 aliphatic heterocycles. The number of halogens is 1. The van der Waals surface area contributed by atoms with Crippen molar-refractivity contribution < 1.29 is 14.4 Å². The van der Waals surface area contributed by atoms with Crippen LogP contribution in [0.3, 0.4) is 0 Å². The predicted molar refractivity (Wildman–Crippen MR) is 110 cm³/mol. The third-order valence-corrected chi connectivity index (χ3v) is 7.09. The number of imide groups is 1. The summed E-state index contributed by atoms with van der Waals surface area (Å²) in [6.45, 7) is 9.58. The highest BCUT2D eigenvalue weighted by Gasteiger charge is 2.53. The smallest absolute Gasteiger partial charge is 0.325 e. The highest BCUT2D eigenvalue weighted by molar-refractivity contribution is 6.09. The Bertz CT molecular complexity index is 594. The Morgan fingerprint density at radius 2 is 1.86 bits per heavy atom. The van der Waals surface area contributed by atoms with E-state index < -0.39 is 11.6 Å². The van der Waals surface area contributed by atoms with Crippen molar-refractivity contribution in [3.63, 3.8) is 0 Å². The predicted octanol–water partition coefficient (Wildman–Crippen LogP) is 2.15. The van der Waals surface area contributed by atoms with Crippen molar-refractivity contribution in [2.75, 3.05) is 32.7 Å². The largest absolute Gasteiger partial charge is 0.340 e. The first-order chi connectivity index (χ1) is 12.8. The van der Waals surface area contributed by atoms with Crippen molar-refractivity contribution in [3.05, 3.63) is 0 Å². The Labute approximate surface area is 174 Å². The molecular formula is C20H35ClN4O3. The maximum absolute atomic E-state index is 13.1. The van der Waals surface area contributed by atoms with Crippen LogP contribution in [0.4, 0.5) is 4.79 Å². The molecule has 2 saturated heterocycles. The normalized spacial score (nSPS) is 28.8. The van der Waals surface area contributed by atoms with Gasteiger partial charge in [0.25, 0.3) is 5.91 Å². The van der Waals surface area contributed by atoms with Crippen LogP contribution in [0.1, 0.15) is 59.3 Å². The highest BCUT2D eigenvalue weighted by Crippen LogP contribution is 2.45. The summed E-state index contributed by atoms with van der Waals surface area (Å²) in [5, 5.41) is 6.19. The van der Waals surface area contributed by atoms with Gasteiger partial charge in [0.15, 0.2) is 0 Å². The minimum Gasteiger partial charge on any atom is -0.340 e. The van der Waals surface area contributed by atoms with Crippen LogP contribution < -0.4 is 10.6 Å². The second-order valence-corrected chi connectivity index (χ2v) is 9.00. The standard InChI is InChI=1S/C20H34N4O3.ClH/c1-4-19(2,3)15-6-8-20(9-7-15)17(26)24(18(27)22-20)14-16(25)23-12-5-10-21-11-13-23;/h15,21H,4-14H2,1-3H3,(H,22,27);1H. The van der Waals surface area contributed by atoms with E-state index in [9.17, 15) is 14.4 Å². The lowest BCUT2D eigenvalue weighted by molar-refractivity contribution is -0.139. The average Bonchev–Trinajstić information content (AvgIpc) is 2.86. The summed E-state index contributed by atoms with van der Waals surface area (Å²) < 4.78 is 0. The maximum Gasteiger partial charge on any atom is 0.325 e. The molecule has 3 fully saturated rings. The Morgan fingerprint density at radius 1 is 1.18 bits per heavy atom. The second-order valence-electron chi connectivity index (χ2n) is 9.00. The van der Waals surface area contributed by atoms with Crippen molar-refractivity contribution in [2.45, 2.75) is 64.8 Å². The third-order valence-electron chi connectivity index (χ3n) is 7.09. The summed E-state index contributed by atoms with van der Waals surface area (Å²) in [6.07, 6.45) is 5.22. The van der Waals surface area contributed by atoms with E-state index in [1.807, 2.05) is 0 Å². The lowest BCUT2D eigenvalue weighted by atomic mass is 9.65. The number of hydrogen-bond acceptors (Lipinski definition) is 4. The zero-order valence-corrected chi connectivity index (χ0v) is 18.2. The Balaban J connectivity index is 0.00000280. The highest BCUT2D eigenvalue weighted by atomic mass is 35.5. The van der Waals surface area contributed by atoms with Crippen molar-refractivity contribution in [3.8, 4) is 0 Å². The van der Waals surface area contributed by atoms with Crippen LogP contribution in [0, 0.1) is 11.3 Å². The number of nitrogens with zero attached hydrogens (tertiary/aromatic N) is 2. The van der Waals surface area contributed by atoms with Gasteiger partial charge in [0.2, 0.25) is 5.91 Å².